The molecule has 2 heterocycles. The normalized spacial score (nSPS) is 23.0. The number of nitro benzene ring substituents is 1. The SMILES string of the molecule is O=c1[nH]c(=O)n(Cc2ccccc2[N+](=O)[O-])cc1[C@H]1C[C@H](O)[C@@H](COP(=O)(O)OP(=O)(O)OP(=O)(O)O)O1. The van der Waals surface area contributed by atoms with Crippen molar-refractivity contribution in [3.05, 3.63) is 72.5 Å². The molecule has 1 fully saturated rings. The molecule has 6 N–H and O–H groups in total. The highest BCUT2D eigenvalue weighted by Crippen LogP contribution is 2.66. The lowest BCUT2D eigenvalue weighted by Crippen LogP contribution is -2.33. The number of aliphatic hydroxyl groups excluding tert-OH is 1. The summed E-state index contributed by atoms with van der Waals surface area (Å²) in [6.07, 6.45) is -3.25. The molecule has 0 radical (unpaired) electrons. The van der Waals surface area contributed by atoms with E-state index in [-0.39, 0.29) is 29.8 Å². The highest BCUT2D eigenvalue weighted by Gasteiger charge is 2.43. The third kappa shape index (κ3) is 8.07. The monoisotopic (exact) mass is 603 g/mol. The summed E-state index contributed by atoms with van der Waals surface area (Å²) in [5.41, 5.74) is -2.09. The van der Waals surface area contributed by atoms with E-state index in [2.05, 4.69) is 13.1 Å². The standard InChI is InChI=1S/C16H20N3O16P3/c20-12-5-13(33-14(12)8-32-37(28,29)35-38(30,31)34-36(25,26)27)10-7-18(16(22)17-15(10)21)6-9-3-1-2-4-11(9)19(23)24/h1-4,7,12-14,20H,5-6,8H2,(H,28,29)(H,30,31)(H,17,21,22)(H2,25,26,27)/t12-,13+,14+/m0/s1. The summed E-state index contributed by atoms with van der Waals surface area (Å²) in [4.78, 5) is 73.1. The summed E-state index contributed by atoms with van der Waals surface area (Å²) in [5, 5.41) is 21.5. The summed E-state index contributed by atoms with van der Waals surface area (Å²) in [6, 6.07) is 5.58. The molecule has 1 aromatic carbocycles. The van der Waals surface area contributed by atoms with Gasteiger partial charge in [-0.2, -0.15) is 8.62 Å². The van der Waals surface area contributed by atoms with Gasteiger partial charge in [0, 0.05) is 24.2 Å². The molecule has 0 bridgehead atoms. The highest BCUT2D eigenvalue weighted by atomic mass is 31.3. The molecule has 2 unspecified atom stereocenters. The number of ether oxygens (including phenoxy) is 1. The van der Waals surface area contributed by atoms with Crippen molar-refractivity contribution < 1.29 is 61.2 Å². The lowest BCUT2D eigenvalue weighted by Gasteiger charge is -2.19. The smallest absolute Gasteiger partial charge is 0.390 e. The summed E-state index contributed by atoms with van der Waals surface area (Å²) in [7, 11) is -16.8. The summed E-state index contributed by atoms with van der Waals surface area (Å²) in [6.45, 7) is -1.26. The average molecular weight is 603 g/mol. The minimum atomic E-state index is -5.75. The van der Waals surface area contributed by atoms with Gasteiger partial charge in [0.05, 0.1) is 35.8 Å². The van der Waals surface area contributed by atoms with Gasteiger partial charge in [0.1, 0.15) is 6.10 Å². The van der Waals surface area contributed by atoms with Gasteiger partial charge in [-0.1, -0.05) is 18.2 Å². The van der Waals surface area contributed by atoms with Crippen molar-refractivity contribution >= 4 is 29.2 Å². The van der Waals surface area contributed by atoms with Crippen LogP contribution in [0.2, 0.25) is 0 Å². The molecule has 210 valence electrons. The Labute approximate surface area is 210 Å². The quantitative estimate of drug-likeness (QED) is 0.112. The minimum absolute atomic E-state index is 0.152. The molecule has 0 saturated carbocycles. The number of hydrogen-bond donors (Lipinski definition) is 6. The molecule has 22 heteroatoms. The molecule has 1 aromatic heterocycles. The molecule has 1 aliphatic heterocycles. The first kappa shape index (κ1) is 30.2. The molecule has 1 saturated heterocycles. The first-order valence-electron chi connectivity index (χ1n) is 10.1. The molecule has 3 rings (SSSR count). The molecule has 0 spiro atoms. The number of para-hydroxylation sites is 1. The van der Waals surface area contributed by atoms with Crippen molar-refractivity contribution in [1.29, 1.82) is 0 Å². The van der Waals surface area contributed by atoms with Crippen LogP contribution >= 0.6 is 23.5 Å². The van der Waals surface area contributed by atoms with Crippen molar-refractivity contribution in [2.24, 2.45) is 0 Å². The predicted octanol–water partition coefficient (Wildman–Crippen LogP) is 0.0273. The van der Waals surface area contributed by atoms with E-state index < -0.39 is 64.6 Å². The van der Waals surface area contributed by atoms with Crippen LogP contribution in [0.4, 0.5) is 5.69 Å². The fourth-order valence-electron chi connectivity index (χ4n) is 3.43. The van der Waals surface area contributed by atoms with E-state index in [1.165, 1.54) is 24.3 Å². The van der Waals surface area contributed by atoms with E-state index in [4.69, 9.17) is 14.5 Å². The number of nitrogens with one attached hydrogen (secondary N) is 1. The Morgan fingerprint density at radius 1 is 1.11 bits per heavy atom. The number of benzene rings is 1. The van der Waals surface area contributed by atoms with Gasteiger partial charge in [-0.15, -0.1) is 0 Å². The summed E-state index contributed by atoms with van der Waals surface area (Å²) < 4.78 is 52.0. The lowest BCUT2D eigenvalue weighted by molar-refractivity contribution is -0.385. The Bertz CT molecular complexity index is 1470. The van der Waals surface area contributed by atoms with Crippen LogP contribution in [-0.4, -0.2) is 58.0 Å². The van der Waals surface area contributed by atoms with E-state index >= 15 is 0 Å². The fraction of sp³-hybridized carbons (Fsp3) is 0.375. The zero-order chi connectivity index (χ0) is 28.5. The fourth-order valence-corrected chi connectivity index (χ4v) is 6.46. The highest BCUT2D eigenvalue weighted by molar-refractivity contribution is 7.66. The number of phosphoric acid groups is 3. The average Bonchev–Trinajstić information content (AvgIpc) is 3.12. The number of nitro groups is 1. The Kier molecular flexibility index (Phi) is 9.05. The number of hydrogen-bond acceptors (Lipinski definition) is 12. The van der Waals surface area contributed by atoms with E-state index in [0.29, 0.717) is 0 Å². The second kappa shape index (κ2) is 11.4. The van der Waals surface area contributed by atoms with E-state index in [1.54, 1.807) is 0 Å². The molecular weight excluding hydrogens is 583 g/mol. The molecule has 5 atom stereocenters. The number of aromatic nitrogens is 2. The van der Waals surface area contributed by atoms with Gasteiger partial charge in [0.15, 0.2) is 0 Å². The topological polar surface area (TPSA) is 287 Å². The van der Waals surface area contributed by atoms with Crippen LogP contribution in [0.5, 0.6) is 0 Å². The molecule has 1 aliphatic rings. The first-order chi connectivity index (χ1) is 17.5. The van der Waals surface area contributed by atoms with Gasteiger partial charge >= 0.3 is 29.2 Å². The molecule has 0 amide bonds. The minimum Gasteiger partial charge on any atom is -0.390 e. The van der Waals surface area contributed by atoms with Crippen LogP contribution in [-0.2, 0) is 38.1 Å². The largest absolute Gasteiger partial charge is 0.490 e. The van der Waals surface area contributed by atoms with Crippen molar-refractivity contribution in [2.75, 3.05) is 6.61 Å². The summed E-state index contributed by atoms with van der Waals surface area (Å²) in [5.74, 6) is 0. The maximum atomic E-state index is 12.4. The van der Waals surface area contributed by atoms with E-state index in [9.17, 15) is 48.3 Å². The molecule has 19 nitrogen and oxygen atoms in total. The molecule has 2 aromatic rings. The maximum absolute atomic E-state index is 12.4. The van der Waals surface area contributed by atoms with Crippen LogP contribution in [0.1, 0.15) is 23.7 Å². The van der Waals surface area contributed by atoms with E-state index in [1.807, 2.05) is 4.98 Å². The first-order valence-corrected chi connectivity index (χ1v) is 14.7. The van der Waals surface area contributed by atoms with Gasteiger partial charge in [-0.3, -0.25) is 29.0 Å². The van der Waals surface area contributed by atoms with Gasteiger partial charge in [-0.25, -0.2) is 18.5 Å². The van der Waals surface area contributed by atoms with Gasteiger partial charge in [0.2, 0.25) is 0 Å². The Morgan fingerprint density at radius 2 is 1.76 bits per heavy atom. The zero-order valence-electron chi connectivity index (χ0n) is 18.7. The molecule has 38 heavy (non-hydrogen) atoms. The Morgan fingerprint density at radius 3 is 2.39 bits per heavy atom. The lowest BCUT2D eigenvalue weighted by atomic mass is 10.1. The third-order valence-corrected chi connectivity index (χ3v) is 8.76. The van der Waals surface area contributed by atoms with Crippen molar-refractivity contribution in [3.8, 4) is 0 Å². The van der Waals surface area contributed by atoms with Crippen molar-refractivity contribution in [1.82, 2.24) is 9.55 Å². The third-order valence-electron chi connectivity index (χ3n) is 4.96. The second-order valence-corrected chi connectivity index (χ2v) is 12.1. The number of aliphatic hydroxyl groups is 1. The number of rotatable bonds is 11. The molecular formula is C16H20N3O16P3. The number of aromatic amines is 1. The van der Waals surface area contributed by atoms with Crippen molar-refractivity contribution in [2.45, 2.75) is 31.3 Å². The van der Waals surface area contributed by atoms with Crippen LogP contribution in [0.3, 0.4) is 0 Å². The number of nitrogens with zero attached hydrogens (tertiary/aromatic N) is 2. The number of phosphoric ester groups is 1. The van der Waals surface area contributed by atoms with Crippen LogP contribution in [0.15, 0.2) is 40.1 Å². The number of H-pyrrole nitrogens is 1. The van der Waals surface area contributed by atoms with E-state index in [0.717, 1.165) is 10.8 Å². The second-order valence-electron chi connectivity index (χ2n) is 7.71. The Hall–Kier alpha value is -2.37. The van der Waals surface area contributed by atoms with Crippen LogP contribution in [0.25, 0.3) is 0 Å². The molecule has 0 aliphatic carbocycles. The maximum Gasteiger partial charge on any atom is 0.490 e. The van der Waals surface area contributed by atoms with Crippen LogP contribution < -0.4 is 11.2 Å². The van der Waals surface area contributed by atoms with Gasteiger partial charge < -0.3 is 29.4 Å². The van der Waals surface area contributed by atoms with Gasteiger partial charge in [-0.05, 0) is 0 Å². The summed E-state index contributed by atoms with van der Waals surface area (Å²) >= 11 is 0. The Balaban J connectivity index is 1.73. The predicted molar refractivity (Wildman–Crippen MR) is 122 cm³/mol. The van der Waals surface area contributed by atoms with Crippen molar-refractivity contribution in [3.63, 3.8) is 0 Å². The zero-order valence-corrected chi connectivity index (χ0v) is 21.4. The van der Waals surface area contributed by atoms with Gasteiger partial charge in [0.25, 0.3) is 11.2 Å². The van der Waals surface area contributed by atoms with Crippen LogP contribution in [0, 0.1) is 10.1 Å².